The third-order valence-electron chi connectivity index (χ3n) is 4.96. The van der Waals surface area contributed by atoms with E-state index in [-0.39, 0.29) is 6.10 Å². The molecule has 0 bridgehead atoms. The summed E-state index contributed by atoms with van der Waals surface area (Å²) in [5.41, 5.74) is 4.85. The summed E-state index contributed by atoms with van der Waals surface area (Å²) in [6.45, 7) is 5.63. The average Bonchev–Trinajstić information content (AvgIpc) is 2.98. The Kier molecular flexibility index (Phi) is 4.42. The first kappa shape index (κ1) is 16.1. The molecule has 1 aromatic carbocycles. The van der Waals surface area contributed by atoms with Crippen molar-refractivity contribution in [3.63, 3.8) is 0 Å². The maximum Gasteiger partial charge on any atom is 0.119 e. The maximum atomic E-state index is 5.94. The number of nitrogens with one attached hydrogen (secondary N) is 1. The molecule has 3 aromatic rings. The summed E-state index contributed by atoms with van der Waals surface area (Å²) in [5, 5.41) is 1.23. The summed E-state index contributed by atoms with van der Waals surface area (Å²) < 4.78 is 11.3. The molecule has 0 unspecified atom stereocenters. The summed E-state index contributed by atoms with van der Waals surface area (Å²) in [4.78, 5) is 10.2. The second-order valence-corrected chi connectivity index (χ2v) is 6.52. The van der Waals surface area contributed by atoms with Crippen LogP contribution in [0.15, 0.2) is 42.7 Å². The highest BCUT2D eigenvalue weighted by Crippen LogP contribution is 2.28. The van der Waals surface area contributed by atoms with Crippen LogP contribution in [0.2, 0.25) is 0 Å². The van der Waals surface area contributed by atoms with Gasteiger partial charge in [-0.2, -0.15) is 0 Å². The number of pyridine rings is 1. The van der Waals surface area contributed by atoms with Gasteiger partial charge in [-0.1, -0.05) is 6.07 Å². The number of rotatable bonds is 4. The molecule has 3 heterocycles. The zero-order valence-corrected chi connectivity index (χ0v) is 14.7. The van der Waals surface area contributed by atoms with Gasteiger partial charge in [-0.15, -0.1) is 0 Å². The number of aryl methyl sites for hydroxylation is 1. The number of methoxy groups -OCH3 is 1. The van der Waals surface area contributed by atoms with Crippen LogP contribution in [0.1, 0.15) is 22.9 Å². The number of benzene rings is 1. The van der Waals surface area contributed by atoms with E-state index in [0.29, 0.717) is 0 Å². The van der Waals surface area contributed by atoms with Crippen molar-refractivity contribution in [2.24, 2.45) is 0 Å². The molecule has 0 saturated carbocycles. The van der Waals surface area contributed by atoms with Gasteiger partial charge in [0.25, 0.3) is 0 Å². The molecule has 2 aromatic heterocycles. The standard InChI is InChI=1S/C20H23N3O2/c1-14-17-10-16(24-2)5-6-18(17)22-19(14)12-23-8-9-25-20(13-23)15-4-3-7-21-11-15/h3-7,10-11,20,22H,8-9,12-13H2,1-2H3/t20-/m0/s1. The summed E-state index contributed by atoms with van der Waals surface area (Å²) in [5.74, 6) is 0.893. The number of aromatic nitrogens is 2. The van der Waals surface area contributed by atoms with Crippen LogP contribution in [0.5, 0.6) is 5.75 Å². The zero-order chi connectivity index (χ0) is 17.2. The lowest BCUT2D eigenvalue weighted by Gasteiger charge is -2.32. The number of hydrogen-bond donors (Lipinski definition) is 1. The Labute approximate surface area is 147 Å². The first-order valence-corrected chi connectivity index (χ1v) is 8.63. The molecule has 1 aliphatic heterocycles. The van der Waals surface area contributed by atoms with E-state index >= 15 is 0 Å². The molecule has 1 atom stereocenters. The average molecular weight is 337 g/mol. The van der Waals surface area contributed by atoms with Crippen molar-refractivity contribution in [2.75, 3.05) is 26.8 Å². The van der Waals surface area contributed by atoms with Crippen molar-refractivity contribution in [3.8, 4) is 5.75 Å². The molecule has 5 nitrogen and oxygen atoms in total. The zero-order valence-electron chi connectivity index (χ0n) is 14.7. The van der Waals surface area contributed by atoms with E-state index in [4.69, 9.17) is 9.47 Å². The fourth-order valence-corrected chi connectivity index (χ4v) is 3.48. The molecule has 130 valence electrons. The molecule has 1 aliphatic rings. The minimum absolute atomic E-state index is 0.0900. The van der Waals surface area contributed by atoms with Gasteiger partial charge >= 0.3 is 0 Å². The Bertz CT molecular complexity index is 860. The number of aromatic amines is 1. The van der Waals surface area contributed by atoms with Crippen molar-refractivity contribution >= 4 is 10.9 Å². The summed E-state index contributed by atoms with van der Waals surface area (Å²) in [6, 6.07) is 10.2. The molecule has 1 saturated heterocycles. The molecular formula is C20H23N3O2. The van der Waals surface area contributed by atoms with Crippen LogP contribution in [0.4, 0.5) is 0 Å². The number of morpholine rings is 1. The van der Waals surface area contributed by atoms with Crippen molar-refractivity contribution in [1.29, 1.82) is 0 Å². The van der Waals surface area contributed by atoms with Gasteiger partial charge in [-0.25, -0.2) is 0 Å². The Morgan fingerprint density at radius 1 is 1.36 bits per heavy atom. The Morgan fingerprint density at radius 2 is 2.28 bits per heavy atom. The van der Waals surface area contributed by atoms with Gasteiger partial charge in [0.15, 0.2) is 0 Å². The topological polar surface area (TPSA) is 50.4 Å². The molecular weight excluding hydrogens is 314 g/mol. The van der Waals surface area contributed by atoms with Crippen molar-refractivity contribution in [2.45, 2.75) is 19.6 Å². The van der Waals surface area contributed by atoms with E-state index in [1.807, 2.05) is 18.3 Å². The molecule has 1 fully saturated rings. The number of H-pyrrole nitrogens is 1. The lowest BCUT2D eigenvalue weighted by atomic mass is 10.1. The van der Waals surface area contributed by atoms with Gasteiger partial charge < -0.3 is 14.5 Å². The Morgan fingerprint density at radius 3 is 3.08 bits per heavy atom. The molecule has 0 radical (unpaired) electrons. The van der Waals surface area contributed by atoms with E-state index in [9.17, 15) is 0 Å². The van der Waals surface area contributed by atoms with E-state index in [1.54, 1.807) is 13.3 Å². The monoisotopic (exact) mass is 337 g/mol. The highest BCUT2D eigenvalue weighted by atomic mass is 16.5. The fourth-order valence-electron chi connectivity index (χ4n) is 3.48. The minimum atomic E-state index is 0.0900. The van der Waals surface area contributed by atoms with Crippen LogP contribution in [-0.4, -0.2) is 41.7 Å². The molecule has 0 amide bonds. The third kappa shape index (κ3) is 3.25. The van der Waals surface area contributed by atoms with E-state index in [2.05, 4.69) is 40.0 Å². The Hall–Kier alpha value is -2.37. The van der Waals surface area contributed by atoms with Gasteiger partial charge in [0, 0.05) is 54.2 Å². The number of ether oxygens (including phenoxy) is 2. The van der Waals surface area contributed by atoms with E-state index in [0.717, 1.165) is 43.1 Å². The van der Waals surface area contributed by atoms with Gasteiger partial charge in [0.05, 0.1) is 19.8 Å². The van der Waals surface area contributed by atoms with Crippen LogP contribution < -0.4 is 4.74 Å². The van der Waals surface area contributed by atoms with Crippen LogP contribution in [-0.2, 0) is 11.3 Å². The largest absolute Gasteiger partial charge is 0.497 e. The second-order valence-electron chi connectivity index (χ2n) is 6.52. The van der Waals surface area contributed by atoms with Crippen molar-refractivity contribution < 1.29 is 9.47 Å². The number of hydrogen-bond acceptors (Lipinski definition) is 4. The predicted molar refractivity (Wildman–Crippen MR) is 97.8 cm³/mol. The highest BCUT2D eigenvalue weighted by molar-refractivity contribution is 5.85. The third-order valence-corrected chi connectivity index (χ3v) is 4.96. The Balaban J connectivity index is 1.53. The van der Waals surface area contributed by atoms with Crippen LogP contribution >= 0.6 is 0 Å². The smallest absolute Gasteiger partial charge is 0.119 e. The predicted octanol–water partition coefficient (Wildman–Crippen LogP) is 3.45. The van der Waals surface area contributed by atoms with Crippen LogP contribution in [0, 0.1) is 6.92 Å². The molecule has 4 rings (SSSR count). The second kappa shape index (κ2) is 6.86. The molecule has 0 spiro atoms. The number of fused-ring (bicyclic) bond motifs is 1. The molecule has 25 heavy (non-hydrogen) atoms. The SMILES string of the molecule is COc1ccc2[nH]c(CN3CCO[C@H](c4cccnc4)C3)c(C)c2c1. The minimum Gasteiger partial charge on any atom is -0.497 e. The van der Waals surface area contributed by atoms with Crippen molar-refractivity contribution in [3.05, 3.63) is 59.5 Å². The van der Waals surface area contributed by atoms with Crippen LogP contribution in [0.3, 0.4) is 0 Å². The highest BCUT2D eigenvalue weighted by Gasteiger charge is 2.23. The fraction of sp³-hybridized carbons (Fsp3) is 0.350. The summed E-state index contributed by atoms with van der Waals surface area (Å²) >= 11 is 0. The van der Waals surface area contributed by atoms with Gasteiger partial charge in [-0.3, -0.25) is 9.88 Å². The first-order valence-electron chi connectivity index (χ1n) is 8.63. The molecule has 1 N–H and O–H groups in total. The van der Waals surface area contributed by atoms with E-state index in [1.165, 1.54) is 16.6 Å². The van der Waals surface area contributed by atoms with Gasteiger partial charge in [0.2, 0.25) is 0 Å². The summed E-state index contributed by atoms with van der Waals surface area (Å²) in [7, 11) is 1.70. The lowest BCUT2D eigenvalue weighted by Crippen LogP contribution is -2.38. The normalized spacial score (nSPS) is 18.6. The molecule has 5 heteroatoms. The molecule has 0 aliphatic carbocycles. The summed E-state index contributed by atoms with van der Waals surface area (Å²) in [6.07, 6.45) is 3.79. The first-order chi connectivity index (χ1) is 12.2. The quantitative estimate of drug-likeness (QED) is 0.792. The van der Waals surface area contributed by atoms with Gasteiger partial charge in [-0.05, 0) is 36.8 Å². The van der Waals surface area contributed by atoms with E-state index < -0.39 is 0 Å². The van der Waals surface area contributed by atoms with Crippen molar-refractivity contribution in [1.82, 2.24) is 14.9 Å². The number of nitrogens with zero attached hydrogens (tertiary/aromatic N) is 2. The van der Waals surface area contributed by atoms with Crippen LogP contribution in [0.25, 0.3) is 10.9 Å². The van der Waals surface area contributed by atoms with Gasteiger partial charge in [0.1, 0.15) is 5.75 Å². The lowest BCUT2D eigenvalue weighted by molar-refractivity contribution is -0.0334. The maximum absolute atomic E-state index is 5.94.